The van der Waals surface area contributed by atoms with E-state index in [0.717, 1.165) is 19.3 Å². The fourth-order valence-electron chi connectivity index (χ4n) is 8.97. The van der Waals surface area contributed by atoms with E-state index in [1.165, 1.54) is 38.5 Å². The van der Waals surface area contributed by atoms with Gasteiger partial charge in [-0.3, -0.25) is 9.59 Å². The van der Waals surface area contributed by atoms with Crippen LogP contribution in [0.15, 0.2) is 23.3 Å². The molecule has 7 heteroatoms. The summed E-state index contributed by atoms with van der Waals surface area (Å²) in [5, 5.41) is 34.3. The molecule has 2 bridgehead atoms. The fraction of sp³-hybridized carbons (Fsp3) is 0.824. The molecular weight excluding hydrogens is 520 g/mol. The maximum absolute atomic E-state index is 14.6. The lowest BCUT2D eigenvalue weighted by atomic mass is 9.59. The predicted octanol–water partition coefficient (Wildman–Crippen LogP) is 5.45. The second-order valence-electron chi connectivity index (χ2n) is 13.9. The first kappa shape index (κ1) is 32.4. The van der Waals surface area contributed by atoms with Gasteiger partial charge in [0, 0.05) is 30.3 Å². The van der Waals surface area contributed by atoms with Crippen molar-refractivity contribution < 1.29 is 34.4 Å². The minimum absolute atomic E-state index is 0.191. The van der Waals surface area contributed by atoms with Gasteiger partial charge in [-0.05, 0) is 43.8 Å². The van der Waals surface area contributed by atoms with Crippen LogP contribution in [0.5, 0.6) is 0 Å². The molecule has 1 spiro atoms. The van der Waals surface area contributed by atoms with Gasteiger partial charge >= 0.3 is 5.97 Å². The Morgan fingerprint density at radius 3 is 2.24 bits per heavy atom. The minimum atomic E-state index is -1.98. The van der Waals surface area contributed by atoms with Gasteiger partial charge in [-0.1, -0.05) is 91.2 Å². The average molecular weight is 575 g/mol. The zero-order valence-electron chi connectivity index (χ0n) is 26.2. The van der Waals surface area contributed by atoms with Crippen LogP contribution in [0, 0.1) is 28.6 Å². The number of ketones is 1. The van der Waals surface area contributed by atoms with Crippen LogP contribution in [0.1, 0.15) is 112 Å². The maximum atomic E-state index is 14.6. The first-order valence-corrected chi connectivity index (χ1v) is 16.2. The smallest absolute Gasteiger partial charge is 0.306 e. The van der Waals surface area contributed by atoms with Gasteiger partial charge in [-0.25, -0.2) is 0 Å². The molecule has 7 nitrogen and oxygen atoms in total. The molecule has 0 radical (unpaired) electrons. The Labute approximate surface area is 246 Å². The zero-order valence-corrected chi connectivity index (χ0v) is 26.2. The Morgan fingerprint density at radius 2 is 1.66 bits per heavy atom. The van der Waals surface area contributed by atoms with Gasteiger partial charge in [0.05, 0.1) is 12.0 Å². The van der Waals surface area contributed by atoms with Crippen molar-refractivity contribution in [3.05, 3.63) is 23.3 Å². The third-order valence-corrected chi connectivity index (χ3v) is 11.1. The van der Waals surface area contributed by atoms with E-state index in [9.17, 15) is 24.9 Å². The lowest BCUT2D eigenvalue weighted by molar-refractivity contribution is -0.200. The molecule has 0 aromatic carbocycles. The summed E-state index contributed by atoms with van der Waals surface area (Å²) in [4.78, 5) is 27.9. The van der Waals surface area contributed by atoms with E-state index in [1.54, 1.807) is 12.2 Å². The first-order valence-electron chi connectivity index (χ1n) is 16.2. The van der Waals surface area contributed by atoms with E-state index in [0.29, 0.717) is 25.0 Å². The highest BCUT2D eigenvalue weighted by Crippen LogP contribution is 2.75. The van der Waals surface area contributed by atoms with Gasteiger partial charge in [0.1, 0.15) is 23.4 Å². The number of ether oxygens (including phenoxy) is 2. The molecule has 2 saturated carbocycles. The molecule has 0 aliphatic heterocycles. The Kier molecular flexibility index (Phi) is 9.65. The molecule has 232 valence electrons. The molecular formula is C34H54O7. The number of aliphatic hydroxyl groups is 3. The highest BCUT2D eigenvalue weighted by molar-refractivity contribution is 5.95. The number of rotatable bonds is 14. The van der Waals surface area contributed by atoms with E-state index in [4.69, 9.17) is 9.47 Å². The number of unbranched alkanes of at least 4 members (excludes halogenated alkanes) is 8. The molecule has 4 rings (SSSR count). The Hall–Kier alpha value is -1.54. The number of allylic oxidation sites excluding steroid dienone is 1. The number of aliphatic hydroxyl groups excluding tert-OH is 2. The van der Waals surface area contributed by atoms with Gasteiger partial charge in [0.15, 0.2) is 5.78 Å². The predicted molar refractivity (Wildman–Crippen MR) is 158 cm³/mol. The quantitative estimate of drug-likeness (QED) is 0.144. The average Bonchev–Trinajstić information content (AvgIpc) is 3.32. The van der Waals surface area contributed by atoms with Gasteiger partial charge in [-0.2, -0.15) is 0 Å². The number of hydrogen-bond acceptors (Lipinski definition) is 7. The van der Waals surface area contributed by atoms with Gasteiger partial charge in [0.2, 0.25) is 0 Å². The lowest BCUT2D eigenvalue weighted by Crippen LogP contribution is -2.65. The zero-order chi connectivity index (χ0) is 30.2. The second-order valence-corrected chi connectivity index (χ2v) is 13.9. The molecule has 4 aliphatic carbocycles. The molecule has 0 unspecified atom stereocenters. The third kappa shape index (κ3) is 4.97. The highest BCUT2D eigenvalue weighted by atomic mass is 16.6. The number of Topliss-reactive ketones (excluding diaryl/α,β-unsaturated/α-hetero) is 1. The summed E-state index contributed by atoms with van der Waals surface area (Å²) in [7, 11) is 0. The largest absolute Gasteiger partial charge is 0.458 e. The molecule has 2 fully saturated rings. The van der Waals surface area contributed by atoms with Crippen LogP contribution in [-0.4, -0.2) is 63.7 Å². The van der Waals surface area contributed by atoms with Crippen molar-refractivity contribution in [1.29, 1.82) is 0 Å². The summed E-state index contributed by atoms with van der Waals surface area (Å²) in [5.74, 6) is -1.90. The Bertz CT molecular complexity index is 1050. The molecule has 4 aliphatic rings. The molecule has 0 amide bonds. The summed E-state index contributed by atoms with van der Waals surface area (Å²) in [6.45, 7) is 11.7. The molecule has 8 atom stereocenters. The van der Waals surface area contributed by atoms with Crippen molar-refractivity contribution in [3.63, 3.8) is 0 Å². The molecule has 0 aromatic rings. The van der Waals surface area contributed by atoms with E-state index in [-0.39, 0.29) is 23.2 Å². The summed E-state index contributed by atoms with van der Waals surface area (Å²) in [6, 6.07) is 0. The van der Waals surface area contributed by atoms with Crippen molar-refractivity contribution in [1.82, 2.24) is 0 Å². The van der Waals surface area contributed by atoms with Crippen LogP contribution < -0.4 is 0 Å². The van der Waals surface area contributed by atoms with E-state index < -0.39 is 52.7 Å². The minimum Gasteiger partial charge on any atom is -0.458 e. The van der Waals surface area contributed by atoms with Gasteiger partial charge in [0.25, 0.3) is 0 Å². The fourth-order valence-corrected chi connectivity index (χ4v) is 8.97. The normalized spacial score (nSPS) is 38.8. The van der Waals surface area contributed by atoms with Gasteiger partial charge in [-0.15, -0.1) is 0 Å². The van der Waals surface area contributed by atoms with Gasteiger partial charge < -0.3 is 24.8 Å². The monoisotopic (exact) mass is 574 g/mol. The topological polar surface area (TPSA) is 113 Å². The maximum Gasteiger partial charge on any atom is 0.306 e. The standard InChI is InChI=1S/C34H54O7/c1-7-9-10-11-12-13-14-15-16-17-26(36)41-33-20-23(4)32-19-22(3)30(40-8-2)34(32,39)28(37)24(21-35)18-25(29(32)38)27(33)31(33,5)6/h18-19,23,25,27-28,30,35,37,39H,7-17,20-21H2,1-6H3/t23-,25+,27-,28-,30+,32+,33+,34+/m1/s1. The van der Waals surface area contributed by atoms with Crippen molar-refractivity contribution >= 4 is 11.8 Å². The van der Waals surface area contributed by atoms with Crippen LogP contribution in [0.3, 0.4) is 0 Å². The highest BCUT2D eigenvalue weighted by Gasteiger charge is 2.83. The summed E-state index contributed by atoms with van der Waals surface area (Å²) < 4.78 is 12.4. The van der Waals surface area contributed by atoms with Crippen LogP contribution in [0.25, 0.3) is 0 Å². The Morgan fingerprint density at radius 1 is 1.05 bits per heavy atom. The first-order chi connectivity index (χ1) is 19.4. The summed E-state index contributed by atoms with van der Waals surface area (Å²) >= 11 is 0. The number of esters is 1. The van der Waals surface area contributed by atoms with Crippen molar-refractivity contribution in [2.24, 2.45) is 28.6 Å². The molecule has 3 N–H and O–H groups in total. The van der Waals surface area contributed by atoms with E-state index >= 15 is 0 Å². The van der Waals surface area contributed by atoms with E-state index in [1.807, 2.05) is 34.6 Å². The number of fused-ring (bicyclic) bond motifs is 3. The molecule has 0 aromatic heterocycles. The van der Waals surface area contributed by atoms with Crippen molar-refractivity contribution in [2.45, 2.75) is 136 Å². The van der Waals surface area contributed by atoms with Crippen LogP contribution >= 0.6 is 0 Å². The summed E-state index contributed by atoms with van der Waals surface area (Å²) in [6.07, 6.45) is 12.3. The molecule has 41 heavy (non-hydrogen) atoms. The molecule has 0 saturated heterocycles. The lowest BCUT2D eigenvalue weighted by Gasteiger charge is -2.49. The van der Waals surface area contributed by atoms with E-state index in [2.05, 4.69) is 6.92 Å². The second kappa shape index (κ2) is 12.2. The number of carbonyl (C=O) groups is 2. The summed E-state index contributed by atoms with van der Waals surface area (Å²) in [5.41, 5.74) is -3.84. The van der Waals surface area contributed by atoms with Crippen molar-refractivity contribution in [2.75, 3.05) is 13.2 Å². The SMILES string of the molecule is CCCCCCCCCCCC(=O)O[C@@]12C[C@@H](C)[C@]34C=C(C)[C@H](OCC)[C@@]3(O)[C@H](O)C(CO)=C[C@H](C4=O)[C@@H]1C2(C)C. The van der Waals surface area contributed by atoms with Crippen molar-refractivity contribution in [3.8, 4) is 0 Å². The Balaban J connectivity index is 1.56. The van der Waals surface area contributed by atoms with Crippen LogP contribution in [-0.2, 0) is 19.1 Å². The van der Waals surface area contributed by atoms with Crippen LogP contribution in [0.2, 0.25) is 0 Å². The number of carbonyl (C=O) groups excluding carboxylic acids is 2. The number of hydrogen-bond donors (Lipinski definition) is 3. The molecule has 0 heterocycles. The third-order valence-electron chi connectivity index (χ3n) is 11.1. The van der Waals surface area contributed by atoms with Crippen LogP contribution in [0.4, 0.5) is 0 Å².